The average Bonchev–Trinajstić information content (AvgIpc) is 2.89. The van der Waals surface area contributed by atoms with E-state index in [2.05, 4.69) is 10.4 Å². The van der Waals surface area contributed by atoms with Crippen LogP contribution in [0.4, 0.5) is 0 Å². The number of benzene rings is 1. The molecule has 0 bridgehead atoms. The minimum Gasteiger partial charge on any atom is -0.480 e. The predicted octanol–water partition coefficient (Wildman–Crippen LogP) is 2.20. The Hall–Kier alpha value is -2.63. The average molecular weight is 315 g/mol. The number of rotatable bonds is 6. The normalized spacial score (nSPS) is 12.2. The number of nitrogens with one attached hydrogen (secondary N) is 1. The molecule has 1 aromatic carbocycles. The highest BCUT2D eigenvalue weighted by atomic mass is 16.4. The number of amides is 1. The summed E-state index contributed by atoms with van der Waals surface area (Å²) in [6.07, 6.45) is 1.71. The first kappa shape index (κ1) is 16.7. The second kappa shape index (κ2) is 7.09. The van der Waals surface area contributed by atoms with E-state index in [-0.39, 0.29) is 12.5 Å². The molecule has 2 rings (SSSR count). The summed E-state index contributed by atoms with van der Waals surface area (Å²) in [6.45, 7) is 5.74. The molecule has 1 aromatic heterocycles. The Labute approximate surface area is 135 Å². The maximum Gasteiger partial charge on any atom is 0.326 e. The molecule has 23 heavy (non-hydrogen) atoms. The molecule has 0 saturated heterocycles. The fourth-order valence-corrected chi connectivity index (χ4v) is 2.45. The van der Waals surface area contributed by atoms with Crippen LogP contribution >= 0.6 is 0 Å². The van der Waals surface area contributed by atoms with Gasteiger partial charge in [-0.25, -0.2) is 4.79 Å². The molecule has 0 aliphatic carbocycles. The molecule has 0 spiro atoms. The van der Waals surface area contributed by atoms with Crippen molar-refractivity contribution in [1.82, 2.24) is 15.1 Å². The number of aromatic nitrogens is 2. The predicted molar refractivity (Wildman–Crippen MR) is 86.4 cm³/mol. The lowest BCUT2D eigenvalue weighted by Crippen LogP contribution is -2.42. The van der Waals surface area contributed by atoms with E-state index in [1.54, 1.807) is 11.6 Å². The number of nitrogens with zero attached hydrogens (tertiary/aromatic N) is 2. The summed E-state index contributed by atoms with van der Waals surface area (Å²) in [6, 6.07) is 8.37. The van der Waals surface area contributed by atoms with Crippen LogP contribution in [0.5, 0.6) is 0 Å². The van der Waals surface area contributed by atoms with Crippen molar-refractivity contribution >= 4 is 11.9 Å². The first-order chi connectivity index (χ1) is 10.9. The van der Waals surface area contributed by atoms with Gasteiger partial charge >= 0.3 is 5.97 Å². The summed E-state index contributed by atoms with van der Waals surface area (Å²) in [7, 11) is 0. The standard InChI is InChI=1S/C17H21N3O3/c1-11(2)20-12(3)14(10-18-20)16(21)19-15(17(22)23)9-13-7-5-4-6-8-13/h4-8,10-11,15H,9H2,1-3H3,(H,19,21)(H,22,23). The van der Waals surface area contributed by atoms with Crippen LogP contribution in [0.1, 0.15) is 41.5 Å². The molecule has 1 atom stereocenters. The maximum atomic E-state index is 12.4. The van der Waals surface area contributed by atoms with Gasteiger partial charge in [0.2, 0.25) is 0 Å². The van der Waals surface area contributed by atoms with E-state index in [9.17, 15) is 14.7 Å². The summed E-state index contributed by atoms with van der Waals surface area (Å²) in [5.74, 6) is -1.48. The molecule has 6 nitrogen and oxygen atoms in total. The van der Waals surface area contributed by atoms with Gasteiger partial charge in [0.1, 0.15) is 6.04 Å². The molecule has 122 valence electrons. The van der Waals surface area contributed by atoms with E-state index in [0.717, 1.165) is 11.3 Å². The zero-order valence-corrected chi connectivity index (χ0v) is 13.5. The first-order valence-corrected chi connectivity index (χ1v) is 7.52. The lowest BCUT2D eigenvalue weighted by Gasteiger charge is -2.15. The quantitative estimate of drug-likeness (QED) is 0.856. The molecule has 0 aliphatic heterocycles. The monoisotopic (exact) mass is 315 g/mol. The molecule has 0 aliphatic rings. The van der Waals surface area contributed by atoms with Gasteiger partial charge < -0.3 is 10.4 Å². The molecule has 0 radical (unpaired) electrons. The van der Waals surface area contributed by atoms with Crippen LogP contribution in [0.15, 0.2) is 36.5 Å². The van der Waals surface area contributed by atoms with Crippen LogP contribution in [-0.4, -0.2) is 32.8 Å². The highest BCUT2D eigenvalue weighted by molar-refractivity contribution is 5.97. The number of carboxylic acids is 1. The Balaban J connectivity index is 2.14. The number of carbonyl (C=O) groups excluding carboxylic acids is 1. The highest BCUT2D eigenvalue weighted by Gasteiger charge is 2.23. The minimum atomic E-state index is -1.06. The maximum absolute atomic E-state index is 12.4. The van der Waals surface area contributed by atoms with Crippen LogP contribution in [0.2, 0.25) is 0 Å². The summed E-state index contributed by atoms with van der Waals surface area (Å²) in [4.78, 5) is 23.8. The van der Waals surface area contributed by atoms with Crippen molar-refractivity contribution in [3.05, 3.63) is 53.3 Å². The van der Waals surface area contributed by atoms with Gasteiger partial charge in [0.25, 0.3) is 5.91 Å². The summed E-state index contributed by atoms with van der Waals surface area (Å²) < 4.78 is 1.74. The highest BCUT2D eigenvalue weighted by Crippen LogP contribution is 2.13. The topological polar surface area (TPSA) is 84.2 Å². The molecule has 2 N–H and O–H groups in total. The number of aliphatic carboxylic acids is 1. The number of carboxylic acid groups (broad SMARTS) is 1. The second-order valence-electron chi connectivity index (χ2n) is 5.74. The first-order valence-electron chi connectivity index (χ1n) is 7.52. The van der Waals surface area contributed by atoms with Gasteiger partial charge in [0.05, 0.1) is 11.8 Å². The van der Waals surface area contributed by atoms with Gasteiger partial charge in [-0.15, -0.1) is 0 Å². The van der Waals surface area contributed by atoms with Gasteiger partial charge in [-0.3, -0.25) is 9.48 Å². The van der Waals surface area contributed by atoms with Crippen molar-refractivity contribution in [3.8, 4) is 0 Å². The molecule has 1 unspecified atom stereocenters. The molecule has 2 aromatic rings. The van der Waals surface area contributed by atoms with Crippen molar-refractivity contribution < 1.29 is 14.7 Å². The van der Waals surface area contributed by atoms with Gasteiger partial charge in [-0.05, 0) is 26.3 Å². The Bertz CT molecular complexity index is 692. The third-order valence-electron chi connectivity index (χ3n) is 3.66. The lowest BCUT2D eigenvalue weighted by atomic mass is 10.1. The van der Waals surface area contributed by atoms with Crippen molar-refractivity contribution in [1.29, 1.82) is 0 Å². The van der Waals surface area contributed by atoms with E-state index in [1.807, 2.05) is 44.2 Å². The van der Waals surface area contributed by atoms with E-state index < -0.39 is 17.9 Å². The van der Waals surface area contributed by atoms with E-state index in [0.29, 0.717) is 5.56 Å². The fraction of sp³-hybridized carbons (Fsp3) is 0.353. The van der Waals surface area contributed by atoms with E-state index in [1.165, 1.54) is 6.20 Å². The molecule has 1 heterocycles. The van der Waals surface area contributed by atoms with Gasteiger partial charge in [0.15, 0.2) is 0 Å². The van der Waals surface area contributed by atoms with Crippen molar-refractivity contribution in [2.45, 2.75) is 39.3 Å². The number of hydrogen-bond acceptors (Lipinski definition) is 3. The van der Waals surface area contributed by atoms with Crippen molar-refractivity contribution in [2.24, 2.45) is 0 Å². The molecule has 6 heteroatoms. The van der Waals surface area contributed by atoms with Crippen molar-refractivity contribution in [2.75, 3.05) is 0 Å². The Morgan fingerprint density at radius 1 is 1.26 bits per heavy atom. The fourth-order valence-electron chi connectivity index (χ4n) is 2.45. The Morgan fingerprint density at radius 3 is 2.43 bits per heavy atom. The zero-order chi connectivity index (χ0) is 17.0. The smallest absolute Gasteiger partial charge is 0.326 e. The van der Waals surface area contributed by atoms with Crippen LogP contribution in [0, 0.1) is 6.92 Å². The molecule has 0 saturated carbocycles. The van der Waals surface area contributed by atoms with Gasteiger partial charge in [-0.1, -0.05) is 30.3 Å². The lowest BCUT2D eigenvalue weighted by molar-refractivity contribution is -0.139. The molecule has 1 amide bonds. The zero-order valence-electron chi connectivity index (χ0n) is 13.5. The number of hydrogen-bond donors (Lipinski definition) is 2. The summed E-state index contributed by atoms with van der Waals surface area (Å²) in [5.41, 5.74) is 1.98. The third-order valence-corrected chi connectivity index (χ3v) is 3.66. The Kier molecular flexibility index (Phi) is 5.16. The summed E-state index contributed by atoms with van der Waals surface area (Å²) >= 11 is 0. The third kappa shape index (κ3) is 3.97. The SMILES string of the molecule is Cc1c(C(=O)NC(Cc2ccccc2)C(=O)O)cnn1C(C)C. The molecular weight excluding hydrogens is 294 g/mol. The molecular formula is C17H21N3O3. The van der Waals surface area contributed by atoms with Crippen LogP contribution in [-0.2, 0) is 11.2 Å². The van der Waals surface area contributed by atoms with Crippen molar-refractivity contribution in [3.63, 3.8) is 0 Å². The Morgan fingerprint density at radius 2 is 1.91 bits per heavy atom. The van der Waals surface area contributed by atoms with E-state index >= 15 is 0 Å². The number of carbonyl (C=O) groups is 2. The largest absolute Gasteiger partial charge is 0.480 e. The summed E-state index contributed by atoms with van der Waals surface area (Å²) in [5, 5.41) is 16.1. The second-order valence-corrected chi connectivity index (χ2v) is 5.74. The van der Waals surface area contributed by atoms with Gasteiger partial charge in [-0.2, -0.15) is 5.10 Å². The van der Waals surface area contributed by atoms with E-state index in [4.69, 9.17) is 0 Å². The minimum absolute atomic E-state index is 0.135. The van der Waals surface area contributed by atoms with Crippen LogP contribution in [0.3, 0.4) is 0 Å². The van der Waals surface area contributed by atoms with Gasteiger partial charge in [0, 0.05) is 18.2 Å². The van der Waals surface area contributed by atoms with Crippen LogP contribution in [0.25, 0.3) is 0 Å². The molecule has 0 fully saturated rings. The van der Waals surface area contributed by atoms with Crippen LogP contribution < -0.4 is 5.32 Å².